The van der Waals surface area contributed by atoms with Crippen LogP contribution in [-0.4, -0.2) is 31.6 Å². The Balaban J connectivity index is 2.24. The maximum Gasteiger partial charge on any atom is 0.280 e. The van der Waals surface area contributed by atoms with Crippen molar-refractivity contribution < 1.29 is 9.18 Å². The molecule has 0 fully saturated rings. The van der Waals surface area contributed by atoms with Gasteiger partial charge in [-0.2, -0.15) is 15.2 Å². The summed E-state index contributed by atoms with van der Waals surface area (Å²) in [6.07, 6.45) is -0.234. The van der Waals surface area contributed by atoms with Crippen molar-refractivity contribution in [1.29, 1.82) is 5.26 Å². The molecule has 0 saturated heterocycles. The van der Waals surface area contributed by atoms with Crippen LogP contribution < -0.4 is 16.0 Å². The van der Waals surface area contributed by atoms with Crippen molar-refractivity contribution in [3.05, 3.63) is 75.9 Å². The summed E-state index contributed by atoms with van der Waals surface area (Å²) >= 11 is 0. The lowest BCUT2D eigenvalue weighted by molar-refractivity contribution is 0.100. The number of nitroso groups, excluding NO2 is 1. The van der Waals surface area contributed by atoms with E-state index in [9.17, 15) is 14.1 Å². The van der Waals surface area contributed by atoms with Crippen LogP contribution in [0, 0.1) is 27.5 Å². The fourth-order valence-electron chi connectivity index (χ4n) is 2.92. The van der Waals surface area contributed by atoms with Crippen molar-refractivity contribution in [1.82, 2.24) is 16.0 Å². The average molecular weight is 453 g/mol. The quantitative estimate of drug-likeness (QED) is 0.242. The van der Waals surface area contributed by atoms with Crippen LogP contribution in [0.2, 0.25) is 0 Å². The van der Waals surface area contributed by atoms with Crippen LogP contribution in [0.1, 0.15) is 54.7 Å². The first-order chi connectivity index (χ1) is 15.6. The molecule has 0 heterocycles. The number of aliphatic imine (C=N–C) groups is 1. The molecule has 2 unspecified atom stereocenters. The highest BCUT2D eigenvalue weighted by molar-refractivity contribution is 6.02. The summed E-state index contributed by atoms with van der Waals surface area (Å²) in [5.74, 6) is -0.693. The molecular weight excluding hydrogens is 423 g/mol. The smallest absolute Gasteiger partial charge is 0.280 e. The van der Waals surface area contributed by atoms with Gasteiger partial charge in [-0.3, -0.25) is 4.79 Å². The molecule has 3 N–H and O–H groups in total. The van der Waals surface area contributed by atoms with Gasteiger partial charge in [-0.1, -0.05) is 44.1 Å². The second-order valence-corrected chi connectivity index (χ2v) is 8.77. The van der Waals surface area contributed by atoms with Crippen molar-refractivity contribution in [3.63, 3.8) is 0 Å². The molecule has 1 amide bonds. The lowest BCUT2D eigenvalue weighted by Crippen LogP contribution is -2.51. The van der Waals surface area contributed by atoms with E-state index in [0.29, 0.717) is 17.7 Å². The van der Waals surface area contributed by atoms with Crippen molar-refractivity contribution >= 4 is 11.9 Å². The maximum absolute atomic E-state index is 13.2. The minimum Gasteiger partial charge on any atom is -0.355 e. The summed E-state index contributed by atoms with van der Waals surface area (Å²) in [5, 5.41) is 21.6. The molecule has 33 heavy (non-hydrogen) atoms. The van der Waals surface area contributed by atoms with Crippen LogP contribution in [-0.2, 0) is 0 Å². The second-order valence-electron chi connectivity index (χ2n) is 8.77. The summed E-state index contributed by atoms with van der Waals surface area (Å²) in [4.78, 5) is 28.4. The van der Waals surface area contributed by atoms with E-state index < -0.39 is 23.9 Å². The van der Waals surface area contributed by atoms with E-state index in [1.807, 2.05) is 26.8 Å². The van der Waals surface area contributed by atoms with E-state index in [4.69, 9.17) is 5.26 Å². The average Bonchev–Trinajstić information content (AvgIpc) is 2.80. The van der Waals surface area contributed by atoms with Gasteiger partial charge in [0.25, 0.3) is 5.91 Å². The summed E-state index contributed by atoms with van der Waals surface area (Å²) in [6.45, 7) is 6.62. The Morgan fingerprint density at radius 1 is 1.18 bits per heavy atom. The van der Waals surface area contributed by atoms with Crippen LogP contribution >= 0.6 is 0 Å². The molecular formula is C24H29FN6O2. The molecule has 8 nitrogen and oxygen atoms in total. The van der Waals surface area contributed by atoms with Crippen molar-refractivity contribution in [2.24, 2.45) is 15.6 Å². The number of hydrogen-bond acceptors (Lipinski definition) is 5. The standard InChI is InChI=1S/C24H29FN6O2/c1-24(2,3)15-28-23(30-22(32)18-7-5-6-16(12-18)14-26)29-21(27-4)13-20(31-33)17-8-10-19(25)11-9-17/h5-12,20-21,27H,13,15H2,1-4H3,(H2,28,29,30,32). The largest absolute Gasteiger partial charge is 0.355 e. The molecule has 2 aromatic rings. The lowest BCUT2D eigenvalue weighted by atomic mass is 9.97. The fraction of sp³-hybridized carbons (Fsp3) is 0.375. The summed E-state index contributed by atoms with van der Waals surface area (Å²) in [6, 6.07) is 13.2. The van der Waals surface area contributed by atoms with E-state index in [-0.39, 0.29) is 23.4 Å². The van der Waals surface area contributed by atoms with Gasteiger partial charge in [-0.25, -0.2) is 4.39 Å². The Bertz CT molecular complexity index is 1020. The Morgan fingerprint density at radius 2 is 1.88 bits per heavy atom. The third kappa shape index (κ3) is 8.43. The van der Waals surface area contributed by atoms with Gasteiger partial charge >= 0.3 is 0 Å². The summed E-state index contributed by atoms with van der Waals surface area (Å²) in [5.41, 5.74) is 1.13. The predicted molar refractivity (Wildman–Crippen MR) is 126 cm³/mol. The highest BCUT2D eigenvalue weighted by Gasteiger charge is 2.21. The number of amides is 1. The van der Waals surface area contributed by atoms with Gasteiger partial charge in [0.05, 0.1) is 17.8 Å². The van der Waals surface area contributed by atoms with Gasteiger partial charge < -0.3 is 16.0 Å². The molecule has 0 aliphatic carbocycles. The number of hydrogen-bond donors (Lipinski definition) is 3. The Labute approximate surface area is 193 Å². The van der Waals surface area contributed by atoms with Crippen molar-refractivity contribution in [2.75, 3.05) is 13.6 Å². The number of carbonyl (C=O) groups is 1. The molecule has 2 rings (SSSR count). The monoisotopic (exact) mass is 452 g/mol. The maximum atomic E-state index is 13.2. The van der Waals surface area contributed by atoms with Crippen LogP contribution in [0.4, 0.5) is 4.39 Å². The molecule has 0 aromatic heterocycles. The molecule has 9 heteroatoms. The first-order valence-electron chi connectivity index (χ1n) is 10.5. The molecule has 0 saturated carbocycles. The number of benzene rings is 2. The van der Waals surface area contributed by atoms with Crippen molar-refractivity contribution in [3.8, 4) is 6.07 Å². The van der Waals surface area contributed by atoms with Gasteiger partial charge in [0.2, 0.25) is 5.96 Å². The van der Waals surface area contributed by atoms with Gasteiger partial charge in [0.15, 0.2) is 0 Å². The van der Waals surface area contributed by atoms with Crippen LogP contribution in [0.25, 0.3) is 0 Å². The van der Waals surface area contributed by atoms with Gasteiger partial charge in [-0.15, -0.1) is 0 Å². The number of guanidine groups is 1. The van der Waals surface area contributed by atoms with Gasteiger partial charge in [-0.05, 0) is 48.4 Å². The summed E-state index contributed by atoms with van der Waals surface area (Å²) in [7, 11) is 1.70. The Kier molecular flexibility index (Phi) is 9.18. The normalized spacial score (nSPS) is 13.5. The predicted octanol–water partition coefficient (Wildman–Crippen LogP) is 3.86. The van der Waals surface area contributed by atoms with Crippen molar-refractivity contribution in [2.45, 2.75) is 39.4 Å². The minimum atomic E-state index is -0.734. The second kappa shape index (κ2) is 11.8. The lowest BCUT2D eigenvalue weighted by Gasteiger charge is -2.25. The molecule has 0 radical (unpaired) electrons. The van der Waals surface area contributed by atoms with Crippen LogP contribution in [0.3, 0.4) is 0 Å². The first kappa shape index (κ1) is 25.6. The number of nitrogens with one attached hydrogen (secondary N) is 3. The van der Waals surface area contributed by atoms with Crippen LogP contribution in [0.15, 0.2) is 58.7 Å². The highest BCUT2D eigenvalue weighted by atomic mass is 19.1. The third-order valence-electron chi connectivity index (χ3n) is 4.74. The minimum absolute atomic E-state index is 0.0949. The Hall–Kier alpha value is -3.64. The SMILES string of the molecule is CNC(CC(N=O)c1ccc(F)cc1)N/C(=N\C(=O)c1cccc(C#N)c1)NCC(C)(C)C. The zero-order chi connectivity index (χ0) is 24.4. The topological polar surface area (TPSA) is 119 Å². The number of halogens is 1. The molecule has 174 valence electrons. The number of carbonyl (C=O) groups excluding carboxylic acids is 1. The zero-order valence-corrected chi connectivity index (χ0v) is 19.2. The van der Waals surface area contributed by atoms with E-state index >= 15 is 0 Å². The number of rotatable bonds is 8. The molecule has 0 aliphatic rings. The fourth-order valence-corrected chi connectivity index (χ4v) is 2.92. The molecule has 0 spiro atoms. The molecule has 2 aromatic carbocycles. The van der Waals surface area contributed by atoms with Crippen LogP contribution in [0.5, 0.6) is 0 Å². The third-order valence-corrected chi connectivity index (χ3v) is 4.74. The number of nitrogens with zero attached hydrogens (tertiary/aromatic N) is 3. The Morgan fingerprint density at radius 3 is 2.45 bits per heavy atom. The van der Waals surface area contributed by atoms with E-state index in [0.717, 1.165) is 0 Å². The first-order valence-corrected chi connectivity index (χ1v) is 10.5. The molecule has 2 atom stereocenters. The van der Waals surface area contributed by atoms with E-state index in [2.05, 4.69) is 26.1 Å². The van der Waals surface area contributed by atoms with Gasteiger partial charge in [0, 0.05) is 18.5 Å². The number of nitriles is 1. The molecule has 0 aliphatic heterocycles. The zero-order valence-electron chi connectivity index (χ0n) is 19.2. The van der Waals surface area contributed by atoms with E-state index in [1.165, 1.54) is 30.3 Å². The molecule has 0 bridgehead atoms. The van der Waals surface area contributed by atoms with E-state index in [1.54, 1.807) is 25.2 Å². The highest BCUT2D eigenvalue weighted by Crippen LogP contribution is 2.22. The van der Waals surface area contributed by atoms with Gasteiger partial charge in [0.1, 0.15) is 11.9 Å². The summed E-state index contributed by atoms with van der Waals surface area (Å²) < 4.78 is 13.2.